The van der Waals surface area contributed by atoms with Gasteiger partial charge in [0.05, 0.1) is 12.7 Å². The number of amides is 1. The molecular weight excluding hydrogens is 222 g/mol. The molecule has 16 heavy (non-hydrogen) atoms. The lowest BCUT2D eigenvalue weighted by Crippen LogP contribution is -2.25. The lowest BCUT2D eigenvalue weighted by molar-refractivity contribution is -0.0757. The number of pyridine rings is 1. The van der Waals surface area contributed by atoms with E-state index in [0.717, 1.165) is 11.3 Å². The van der Waals surface area contributed by atoms with E-state index in [1.807, 2.05) is 0 Å². The van der Waals surface area contributed by atoms with Crippen LogP contribution < -0.4 is 4.74 Å². The van der Waals surface area contributed by atoms with E-state index >= 15 is 0 Å². The third-order valence-electron chi connectivity index (χ3n) is 1.75. The zero-order chi connectivity index (χ0) is 12.1. The number of carbonyl (C=O) groups excluding carboxylic acids is 1. The van der Waals surface area contributed by atoms with Gasteiger partial charge < -0.3 is 4.74 Å². The topological polar surface area (TPSA) is 51.7 Å². The van der Waals surface area contributed by atoms with E-state index in [2.05, 4.69) is 14.6 Å². The Kier molecular flexibility index (Phi) is 4.12. The highest BCUT2D eigenvalue weighted by Gasteiger charge is 2.12. The molecule has 0 aliphatic rings. The van der Waals surface area contributed by atoms with Gasteiger partial charge in [-0.3, -0.25) is 9.63 Å². The Balaban J connectivity index is 2.74. The quantitative estimate of drug-likeness (QED) is 0.734. The van der Waals surface area contributed by atoms with Gasteiger partial charge in [-0.1, -0.05) is 0 Å². The highest BCUT2D eigenvalue weighted by molar-refractivity contribution is 5.93. The molecule has 1 amide bonds. The molecule has 88 valence electrons. The summed E-state index contributed by atoms with van der Waals surface area (Å²) in [6.07, 6.45) is 1.13. The highest BCUT2D eigenvalue weighted by atomic mass is 19.3. The molecule has 0 atom stereocenters. The molecule has 0 saturated carbocycles. The lowest BCUT2D eigenvalue weighted by atomic mass is 10.3. The number of rotatable bonds is 4. The molecule has 0 saturated heterocycles. The van der Waals surface area contributed by atoms with Gasteiger partial charge in [0, 0.05) is 19.3 Å². The summed E-state index contributed by atoms with van der Waals surface area (Å²) in [5, 5.41) is 0.991. The van der Waals surface area contributed by atoms with Crippen LogP contribution in [0, 0.1) is 0 Å². The SMILES string of the molecule is CON(C)C(=O)c1ccc(OC(F)F)nc1. The van der Waals surface area contributed by atoms with Gasteiger partial charge in [0.1, 0.15) is 0 Å². The van der Waals surface area contributed by atoms with Crippen molar-refractivity contribution in [3.63, 3.8) is 0 Å². The van der Waals surface area contributed by atoms with Crippen molar-refractivity contribution in [2.45, 2.75) is 6.61 Å². The van der Waals surface area contributed by atoms with E-state index in [4.69, 9.17) is 0 Å². The minimum Gasteiger partial charge on any atom is -0.417 e. The predicted octanol–water partition coefficient (Wildman–Crippen LogP) is 1.32. The van der Waals surface area contributed by atoms with Crippen LogP contribution in [-0.2, 0) is 4.84 Å². The smallest absolute Gasteiger partial charge is 0.388 e. The van der Waals surface area contributed by atoms with Crippen LogP contribution in [0.5, 0.6) is 5.88 Å². The third kappa shape index (κ3) is 3.13. The number of alkyl halides is 2. The molecule has 1 aromatic heterocycles. The highest BCUT2D eigenvalue weighted by Crippen LogP contribution is 2.11. The van der Waals surface area contributed by atoms with Gasteiger partial charge in [0.25, 0.3) is 5.91 Å². The molecule has 0 aliphatic heterocycles. The van der Waals surface area contributed by atoms with Crippen molar-refractivity contribution in [3.05, 3.63) is 23.9 Å². The second-order valence-electron chi connectivity index (χ2n) is 2.75. The standard InChI is InChI=1S/C9H10F2N2O3/c1-13(15-2)8(14)6-3-4-7(12-5-6)16-9(10)11/h3-5,9H,1-2H3. The summed E-state index contributed by atoms with van der Waals surface area (Å²) in [5.74, 6) is -0.676. The van der Waals surface area contributed by atoms with Gasteiger partial charge in [-0.05, 0) is 6.07 Å². The fourth-order valence-corrected chi connectivity index (χ4v) is 0.933. The van der Waals surface area contributed by atoms with Crippen LogP contribution in [0.1, 0.15) is 10.4 Å². The van der Waals surface area contributed by atoms with E-state index in [-0.39, 0.29) is 11.4 Å². The molecule has 0 aromatic carbocycles. The third-order valence-corrected chi connectivity index (χ3v) is 1.75. The molecular formula is C9H10F2N2O3. The van der Waals surface area contributed by atoms with E-state index in [1.165, 1.54) is 26.3 Å². The minimum absolute atomic E-state index is 0.214. The average molecular weight is 232 g/mol. The summed E-state index contributed by atoms with van der Waals surface area (Å²) < 4.78 is 27.6. The Bertz CT molecular complexity index is 356. The van der Waals surface area contributed by atoms with Crippen LogP contribution in [0.4, 0.5) is 8.78 Å². The number of nitrogens with zero attached hydrogens (tertiary/aromatic N) is 2. The van der Waals surface area contributed by atoms with Crippen molar-refractivity contribution in [1.82, 2.24) is 10.0 Å². The van der Waals surface area contributed by atoms with Gasteiger partial charge in [0.15, 0.2) is 0 Å². The van der Waals surface area contributed by atoms with Crippen molar-refractivity contribution < 1.29 is 23.1 Å². The van der Waals surface area contributed by atoms with Gasteiger partial charge in [0.2, 0.25) is 5.88 Å². The van der Waals surface area contributed by atoms with E-state index in [0.29, 0.717) is 0 Å². The Hall–Kier alpha value is -1.76. The van der Waals surface area contributed by atoms with Crippen molar-refractivity contribution in [2.75, 3.05) is 14.2 Å². The number of aromatic nitrogens is 1. The fraction of sp³-hybridized carbons (Fsp3) is 0.333. The fourth-order valence-electron chi connectivity index (χ4n) is 0.933. The maximum Gasteiger partial charge on any atom is 0.388 e. The minimum atomic E-state index is -2.93. The summed E-state index contributed by atoms with van der Waals surface area (Å²) in [4.78, 5) is 19.7. The van der Waals surface area contributed by atoms with Crippen molar-refractivity contribution >= 4 is 5.91 Å². The zero-order valence-electron chi connectivity index (χ0n) is 8.68. The van der Waals surface area contributed by atoms with E-state index in [1.54, 1.807) is 0 Å². The maximum atomic E-state index is 11.8. The first-order chi connectivity index (χ1) is 7.54. The summed E-state index contributed by atoms with van der Waals surface area (Å²) in [6, 6.07) is 2.51. The van der Waals surface area contributed by atoms with Gasteiger partial charge in [-0.15, -0.1) is 0 Å². The summed E-state index contributed by atoms with van der Waals surface area (Å²) in [5.41, 5.74) is 0.214. The van der Waals surface area contributed by atoms with Crippen molar-refractivity contribution in [1.29, 1.82) is 0 Å². The molecule has 0 spiro atoms. The van der Waals surface area contributed by atoms with Crippen LogP contribution >= 0.6 is 0 Å². The zero-order valence-corrected chi connectivity index (χ0v) is 8.68. The molecule has 7 heteroatoms. The molecule has 0 fully saturated rings. The molecule has 1 heterocycles. The largest absolute Gasteiger partial charge is 0.417 e. The second-order valence-corrected chi connectivity index (χ2v) is 2.75. The van der Waals surface area contributed by atoms with E-state index in [9.17, 15) is 13.6 Å². The lowest BCUT2D eigenvalue weighted by Gasteiger charge is -2.13. The average Bonchev–Trinajstić information content (AvgIpc) is 2.27. The summed E-state index contributed by atoms with van der Waals surface area (Å²) in [7, 11) is 2.76. The molecule has 0 N–H and O–H groups in total. The number of halogens is 2. The number of ether oxygens (including phenoxy) is 1. The summed E-state index contributed by atoms with van der Waals surface area (Å²) >= 11 is 0. The van der Waals surface area contributed by atoms with Gasteiger partial charge >= 0.3 is 6.61 Å². The maximum absolute atomic E-state index is 11.8. The molecule has 0 radical (unpaired) electrons. The van der Waals surface area contributed by atoms with E-state index < -0.39 is 12.5 Å². The monoisotopic (exact) mass is 232 g/mol. The number of hydroxylamine groups is 2. The Morgan fingerprint density at radius 3 is 2.62 bits per heavy atom. The van der Waals surface area contributed by atoms with Gasteiger partial charge in [-0.25, -0.2) is 10.0 Å². The molecule has 1 aromatic rings. The number of hydrogen-bond donors (Lipinski definition) is 0. The number of carbonyl (C=O) groups is 1. The van der Waals surface area contributed by atoms with Crippen LogP contribution in [-0.4, -0.2) is 36.7 Å². The molecule has 0 aliphatic carbocycles. The Labute approximate surface area is 90.5 Å². The summed E-state index contributed by atoms with van der Waals surface area (Å²) in [6.45, 7) is -2.93. The predicted molar refractivity (Wildman–Crippen MR) is 50.0 cm³/mol. The Morgan fingerprint density at radius 2 is 2.19 bits per heavy atom. The normalized spacial score (nSPS) is 10.3. The first kappa shape index (κ1) is 12.3. The first-order valence-electron chi connectivity index (χ1n) is 4.27. The first-order valence-corrected chi connectivity index (χ1v) is 4.27. The van der Waals surface area contributed by atoms with Crippen LogP contribution in [0.25, 0.3) is 0 Å². The molecule has 1 rings (SSSR count). The van der Waals surface area contributed by atoms with Crippen LogP contribution in [0.2, 0.25) is 0 Å². The Morgan fingerprint density at radius 1 is 1.50 bits per heavy atom. The van der Waals surface area contributed by atoms with Crippen molar-refractivity contribution in [2.24, 2.45) is 0 Å². The van der Waals surface area contributed by atoms with Crippen molar-refractivity contribution in [3.8, 4) is 5.88 Å². The molecule has 0 unspecified atom stereocenters. The van der Waals surface area contributed by atoms with Crippen LogP contribution in [0.3, 0.4) is 0 Å². The number of hydrogen-bond acceptors (Lipinski definition) is 4. The second kappa shape index (κ2) is 5.36. The molecule has 5 nitrogen and oxygen atoms in total. The molecule has 0 bridgehead atoms. The van der Waals surface area contributed by atoms with Gasteiger partial charge in [-0.2, -0.15) is 8.78 Å². The van der Waals surface area contributed by atoms with Crippen LogP contribution in [0.15, 0.2) is 18.3 Å².